The molecule has 1 aromatic rings. The molecule has 1 atom stereocenters. The molecule has 0 bridgehead atoms. The van der Waals surface area contributed by atoms with Crippen LogP contribution in [0.15, 0.2) is 34.3 Å². The molecular weight excluding hydrogens is 252 g/mol. The molecule has 2 heteroatoms. The Morgan fingerprint density at radius 2 is 2.27 bits per heavy atom. The smallest absolute Gasteiger partial charge is 0.161 e. The summed E-state index contributed by atoms with van der Waals surface area (Å²) in [5.41, 5.74) is 2.07. The van der Waals surface area contributed by atoms with Gasteiger partial charge < -0.3 is 0 Å². The molecule has 1 unspecified atom stereocenters. The highest BCUT2D eigenvalue weighted by Gasteiger charge is 2.24. The molecule has 1 aliphatic rings. The van der Waals surface area contributed by atoms with Crippen LogP contribution in [0.1, 0.15) is 25.3 Å². The summed E-state index contributed by atoms with van der Waals surface area (Å²) in [5, 5.41) is 0. The summed E-state index contributed by atoms with van der Waals surface area (Å²) in [7, 11) is 0. The molecule has 0 aromatic heterocycles. The van der Waals surface area contributed by atoms with Gasteiger partial charge in [0.1, 0.15) is 0 Å². The molecule has 2 rings (SSSR count). The van der Waals surface area contributed by atoms with Crippen molar-refractivity contribution in [2.24, 2.45) is 5.92 Å². The van der Waals surface area contributed by atoms with Gasteiger partial charge in [-0.1, -0.05) is 35.0 Å². The van der Waals surface area contributed by atoms with Gasteiger partial charge in [-0.25, -0.2) is 0 Å². The standard InChI is InChI=1S/C13H13BrO/c1-9-5-6-11(13(9)15)7-10-3-2-4-12(14)8-10/h2-4,7-9H,5-6H2,1H3/b11-7+. The van der Waals surface area contributed by atoms with Crippen LogP contribution in [-0.2, 0) is 4.79 Å². The number of Topliss-reactive ketones (excluding diaryl/α,β-unsaturated/α-hetero) is 1. The van der Waals surface area contributed by atoms with E-state index in [4.69, 9.17) is 0 Å². The van der Waals surface area contributed by atoms with E-state index in [9.17, 15) is 4.79 Å². The number of benzene rings is 1. The third kappa shape index (κ3) is 2.37. The van der Waals surface area contributed by atoms with Gasteiger partial charge in [-0.05, 0) is 42.2 Å². The summed E-state index contributed by atoms with van der Waals surface area (Å²) >= 11 is 3.42. The molecule has 0 heterocycles. The van der Waals surface area contributed by atoms with Gasteiger partial charge in [0, 0.05) is 10.4 Å². The van der Waals surface area contributed by atoms with Crippen LogP contribution in [0.3, 0.4) is 0 Å². The zero-order valence-corrected chi connectivity index (χ0v) is 10.3. The van der Waals surface area contributed by atoms with Crippen LogP contribution in [0.5, 0.6) is 0 Å². The number of allylic oxidation sites excluding steroid dienone is 1. The lowest BCUT2D eigenvalue weighted by Crippen LogP contribution is -2.02. The quantitative estimate of drug-likeness (QED) is 0.705. The summed E-state index contributed by atoms with van der Waals surface area (Å²) in [4.78, 5) is 11.7. The molecule has 0 saturated heterocycles. The second-order valence-corrected chi connectivity index (χ2v) is 4.94. The van der Waals surface area contributed by atoms with Crippen molar-refractivity contribution in [3.63, 3.8) is 0 Å². The van der Waals surface area contributed by atoms with Crippen molar-refractivity contribution < 1.29 is 4.79 Å². The molecule has 1 nitrogen and oxygen atoms in total. The van der Waals surface area contributed by atoms with E-state index in [0.29, 0.717) is 5.78 Å². The summed E-state index contributed by atoms with van der Waals surface area (Å²) < 4.78 is 1.05. The highest BCUT2D eigenvalue weighted by atomic mass is 79.9. The molecule has 1 fully saturated rings. The number of carbonyl (C=O) groups is 1. The molecule has 15 heavy (non-hydrogen) atoms. The molecular formula is C13H13BrO. The van der Waals surface area contributed by atoms with Crippen LogP contribution in [0.4, 0.5) is 0 Å². The van der Waals surface area contributed by atoms with Crippen molar-refractivity contribution in [2.45, 2.75) is 19.8 Å². The lowest BCUT2D eigenvalue weighted by atomic mass is 10.1. The van der Waals surface area contributed by atoms with Gasteiger partial charge in [0.25, 0.3) is 0 Å². The zero-order chi connectivity index (χ0) is 10.8. The minimum absolute atomic E-state index is 0.211. The molecule has 1 saturated carbocycles. The number of hydrogen-bond acceptors (Lipinski definition) is 1. The van der Waals surface area contributed by atoms with Gasteiger partial charge in [-0.2, -0.15) is 0 Å². The van der Waals surface area contributed by atoms with Crippen molar-refractivity contribution in [1.82, 2.24) is 0 Å². The Balaban J connectivity index is 2.27. The maximum absolute atomic E-state index is 11.7. The zero-order valence-electron chi connectivity index (χ0n) is 8.66. The van der Waals surface area contributed by atoms with Gasteiger partial charge in [0.05, 0.1) is 0 Å². The van der Waals surface area contributed by atoms with Crippen LogP contribution in [0.2, 0.25) is 0 Å². The Labute approximate surface area is 98.3 Å². The van der Waals surface area contributed by atoms with Crippen molar-refractivity contribution in [3.8, 4) is 0 Å². The third-order valence-corrected chi connectivity index (χ3v) is 3.29. The molecule has 1 aromatic carbocycles. The number of carbonyl (C=O) groups excluding carboxylic acids is 1. The largest absolute Gasteiger partial charge is 0.294 e. The van der Waals surface area contributed by atoms with Gasteiger partial charge in [-0.15, -0.1) is 0 Å². The van der Waals surface area contributed by atoms with E-state index in [1.807, 2.05) is 37.3 Å². The van der Waals surface area contributed by atoms with Crippen molar-refractivity contribution >= 4 is 27.8 Å². The lowest BCUT2D eigenvalue weighted by Gasteiger charge is -1.98. The van der Waals surface area contributed by atoms with E-state index in [1.165, 1.54) is 0 Å². The Morgan fingerprint density at radius 3 is 2.87 bits per heavy atom. The first-order chi connectivity index (χ1) is 7.16. The van der Waals surface area contributed by atoms with E-state index in [0.717, 1.165) is 28.5 Å². The lowest BCUT2D eigenvalue weighted by molar-refractivity contribution is -0.117. The maximum Gasteiger partial charge on any atom is 0.161 e. The molecule has 78 valence electrons. The topological polar surface area (TPSA) is 17.1 Å². The molecule has 0 amide bonds. The van der Waals surface area contributed by atoms with E-state index in [1.54, 1.807) is 0 Å². The monoisotopic (exact) mass is 264 g/mol. The average molecular weight is 265 g/mol. The van der Waals surface area contributed by atoms with Crippen LogP contribution in [0, 0.1) is 5.92 Å². The highest BCUT2D eigenvalue weighted by molar-refractivity contribution is 9.10. The second-order valence-electron chi connectivity index (χ2n) is 4.03. The third-order valence-electron chi connectivity index (χ3n) is 2.80. The first-order valence-electron chi connectivity index (χ1n) is 5.17. The number of hydrogen-bond donors (Lipinski definition) is 0. The Morgan fingerprint density at radius 1 is 1.47 bits per heavy atom. The minimum Gasteiger partial charge on any atom is -0.294 e. The normalized spacial score (nSPS) is 23.7. The molecule has 0 radical (unpaired) electrons. The average Bonchev–Trinajstić information content (AvgIpc) is 2.50. The van der Waals surface area contributed by atoms with E-state index >= 15 is 0 Å². The maximum atomic E-state index is 11.7. The first-order valence-corrected chi connectivity index (χ1v) is 5.96. The fraction of sp³-hybridized carbons (Fsp3) is 0.308. The van der Waals surface area contributed by atoms with E-state index < -0.39 is 0 Å². The van der Waals surface area contributed by atoms with Crippen molar-refractivity contribution in [2.75, 3.05) is 0 Å². The predicted octanol–water partition coefficient (Wildman–Crippen LogP) is 3.83. The molecule has 0 N–H and O–H groups in total. The fourth-order valence-electron chi connectivity index (χ4n) is 1.88. The number of rotatable bonds is 1. The van der Waals surface area contributed by atoms with E-state index in [2.05, 4.69) is 15.9 Å². The van der Waals surface area contributed by atoms with Gasteiger partial charge in [0.2, 0.25) is 0 Å². The molecule has 1 aliphatic carbocycles. The molecule has 0 aliphatic heterocycles. The first kappa shape index (κ1) is 10.6. The predicted molar refractivity (Wildman–Crippen MR) is 65.5 cm³/mol. The highest BCUT2D eigenvalue weighted by Crippen LogP contribution is 2.28. The Hall–Kier alpha value is -0.890. The SMILES string of the molecule is CC1CC/C(=C\c2cccc(Br)c2)C1=O. The molecule has 0 spiro atoms. The summed E-state index contributed by atoms with van der Waals surface area (Å²) in [6.45, 7) is 2.00. The van der Waals surface area contributed by atoms with Crippen molar-refractivity contribution in [1.29, 1.82) is 0 Å². The van der Waals surface area contributed by atoms with Gasteiger partial charge >= 0.3 is 0 Å². The summed E-state index contributed by atoms with van der Waals surface area (Å²) in [6, 6.07) is 8.03. The number of halogens is 1. The van der Waals surface area contributed by atoms with Crippen LogP contribution in [-0.4, -0.2) is 5.78 Å². The number of ketones is 1. The van der Waals surface area contributed by atoms with Crippen molar-refractivity contribution in [3.05, 3.63) is 39.9 Å². The second kappa shape index (κ2) is 4.31. The fourth-order valence-corrected chi connectivity index (χ4v) is 2.30. The van der Waals surface area contributed by atoms with E-state index in [-0.39, 0.29) is 5.92 Å². The van der Waals surface area contributed by atoms with Crippen LogP contribution >= 0.6 is 15.9 Å². The van der Waals surface area contributed by atoms with Gasteiger partial charge in [-0.3, -0.25) is 4.79 Å². The summed E-state index contributed by atoms with van der Waals surface area (Å²) in [5.74, 6) is 0.526. The minimum atomic E-state index is 0.211. The Kier molecular flexibility index (Phi) is 3.06. The van der Waals surface area contributed by atoms with Crippen LogP contribution < -0.4 is 0 Å². The summed E-state index contributed by atoms with van der Waals surface area (Å²) in [6.07, 6.45) is 3.93. The van der Waals surface area contributed by atoms with Gasteiger partial charge in [0.15, 0.2) is 5.78 Å². The van der Waals surface area contributed by atoms with Crippen LogP contribution in [0.25, 0.3) is 6.08 Å². The Bertz CT molecular complexity index is 420.